The number of carbonyl (C=O) groups excluding carboxylic acids is 2. The Bertz CT molecular complexity index is 1290. The van der Waals surface area contributed by atoms with E-state index in [1.54, 1.807) is 10.7 Å². The number of esters is 1. The van der Waals surface area contributed by atoms with Crippen LogP contribution < -0.4 is 10.0 Å². The molecule has 0 aliphatic heterocycles. The molecule has 0 aliphatic carbocycles. The minimum atomic E-state index is -4.11. The van der Waals surface area contributed by atoms with E-state index in [1.807, 2.05) is 13.8 Å². The number of hydrogen-bond donors (Lipinski definition) is 2. The van der Waals surface area contributed by atoms with Crippen molar-refractivity contribution in [2.75, 3.05) is 16.6 Å². The van der Waals surface area contributed by atoms with Crippen molar-refractivity contribution in [1.29, 1.82) is 0 Å². The first-order valence-corrected chi connectivity index (χ1v) is 11.5. The number of carbonyl (C=O) groups is 2. The molecule has 0 atom stereocenters. The topological polar surface area (TPSA) is 119 Å². The molecule has 33 heavy (non-hydrogen) atoms. The van der Waals surface area contributed by atoms with Gasteiger partial charge in [-0.3, -0.25) is 9.52 Å². The number of nitrogens with zero attached hydrogens (tertiary/aromatic N) is 2. The Balaban J connectivity index is 1.71. The number of nitrogens with one attached hydrogen (secondary N) is 2. The number of amides is 1. The first-order valence-electron chi connectivity index (χ1n) is 9.97. The maximum atomic E-state index is 13.3. The van der Waals surface area contributed by atoms with Crippen molar-refractivity contribution in [1.82, 2.24) is 9.78 Å². The van der Waals surface area contributed by atoms with E-state index in [1.165, 1.54) is 37.4 Å². The minimum absolute atomic E-state index is 0.0162. The van der Waals surface area contributed by atoms with Crippen LogP contribution in [0.25, 0.3) is 0 Å². The van der Waals surface area contributed by atoms with E-state index in [0.717, 1.165) is 18.2 Å². The number of para-hydroxylation sites is 1. The second kappa shape index (κ2) is 9.82. The molecular formula is C22H23FN4O5S. The lowest BCUT2D eigenvalue weighted by atomic mass is 10.2. The molecule has 0 saturated carbocycles. The number of aromatic nitrogens is 2. The van der Waals surface area contributed by atoms with Gasteiger partial charge in [0.25, 0.3) is 15.9 Å². The molecule has 0 aliphatic rings. The number of rotatable bonds is 8. The Morgan fingerprint density at radius 2 is 1.88 bits per heavy atom. The molecule has 0 fully saturated rings. The fraction of sp³-hybridized carbons (Fsp3) is 0.227. The van der Waals surface area contributed by atoms with Crippen LogP contribution in [0.2, 0.25) is 0 Å². The third kappa shape index (κ3) is 5.75. The molecule has 0 saturated heterocycles. The van der Waals surface area contributed by atoms with Gasteiger partial charge >= 0.3 is 5.97 Å². The zero-order chi connectivity index (χ0) is 24.2. The van der Waals surface area contributed by atoms with Gasteiger partial charge in [-0.25, -0.2) is 22.3 Å². The fourth-order valence-corrected chi connectivity index (χ4v) is 4.38. The smallest absolute Gasteiger partial charge is 0.340 e. The number of ether oxygens (including phenoxy) is 1. The molecule has 174 valence electrons. The number of benzene rings is 2. The van der Waals surface area contributed by atoms with Crippen LogP contribution in [0, 0.1) is 12.7 Å². The van der Waals surface area contributed by atoms with Crippen LogP contribution in [0.1, 0.15) is 35.8 Å². The molecule has 1 heterocycles. The van der Waals surface area contributed by atoms with Crippen molar-refractivity contribution in [3.63, 3.8) is 0 Å². The van der Waals surface area contributed by atoms with Gasteiger partial charge in [-0.15, -0.1) is 0 Å². The Morgan fingerprint density at radius 3 is 2.58 bits per heavy atom. The maximum Gasteiger partial charge on any atom is 0.340 e. The second-order valence-corrected chi connectivity index (χ2v) is 9.09. The monoisotopic (exact) mass is 474 g/mol. The second-order valence-electron chi connectivity index (χ2n) is 7.44. The van der Waals surface area contributed by atoms with E-state index in [2.05, 4.69) is 15.1 Å². The van der Waals surface area contributed by atoms with E-state index in [-0.39, 0.29) is 27.8 Å². The van der Waals surface area contributed by atoms with Gasteiger partial charge in [-0.1, -0.05) is 12.1 Å². The number of halogens is 1. The van der Waals surface area contributed by atoms with E-state index in [0.29, 0.717) is 5.82 Å². The van der Waals surface area contributed by atoms with Crippen molar-refractivity contribution in [2.24, 2.45) is 0 Å². The van der Waals surface area contributed by atoms with Gasteiger partial charge in [0.05, 0.1) is 22.3 Å². The number of anilines is 2. The SMILES string of the molecule is Cc1cc(F)ccc1S(=O)(=O)Nc1ccccc1C(=O)OCC(=O)Nc1ccnn1C(C)C. The van der Waals surface area contributed by atoms with E-state index in [9.17, 15) is 22.4 Å². The summed E-state index contributed by atoms with van der Waals surface area (Å²) >= 11 is 0. The maximum absolute atomic E-state index is 13.3. The van der Waals surface area contributed by atoms with Crippen molar-refractivity contribution in [2.45, 2.75) is 31.7 Å². The average molecular weight is 475 g/mol. The van der Waals surface area contributed by atoms with Crippen LogP contribution >= 0.6 is 0 Å². The number of hydrogen-bond acceptors (Lipinski definition) is 6. The quantitative estimate of drug-likeness (QED) is 0.482. The molecule has 0 bridgehead atoms. The molecule has 2 N–H and O–H groups in total. The third-order valence-corrected chi connectivity index (χ3v) is 6.10. The summed E-state index contributed by atoms with van der Waals surface area (Å²) in [5.74, 6) is -1.58. The highest BCUT2D eigenvalue weighted by atomic mass is 32.2. The molecule has 0 radical (unpaired) electrons. The first kappa shape index (κ1) is 23.9. The summed E-state index contributed by atoms with van der Waals surface area (Å²) in [7, 11) is -4.11. The summed E-state index contributed by atoms with van der Waals surface area (Å²) in [4.78, 5) is 24.7. The van der Waals surface area contributed by atoms with E-state index >= 15 is 0 Å². The zero-order valence-electron chi connectivity index (χ0n) is 18.2. The van der Waals surface area contributed by atoms with Gasteiger partial charge in [-0.05, 0) is 56.7 Å². The minimum Gasteiger partial charge on any atom is -0.452 e. The Kier molecular flexibility index (Phi) is 7.12. The standard InChI is InChI=1S/C22H23FN4O5S/c1-14(2)27-20(10-11-24-27)25-21(28)13-32-22(29)17-6-4-5-7-18(17)26-33(30,31)19-9-8-16(23)12-15(19)3/h4-12,14,26H,13H2,1-3H3,(H,25,28). The van der Waals surface area contributed by atoms with Gasteiger partial charge in [0.2, 0.25) is 0 Å². The first-order chi connectivity index (χ1) is 15.6. The molecule has 2 aromatic carbocycles. The van der Waals surface area contributed by atoms with Crippen molar-refractivity contribution < 1.29 is 27.1 Å². The largest absolute Gasteiger partial charge is 0.452 e. The lowest BCUT2D eigenvalue weighted by molar-refractivity contribution is -0.119. The summed E-state index contributed by atoms with van der Waals surface area (Å²) in [6.45, 7) is 4.67. The van der Waals surface area contributed by atoms with Gasteiger partial charge in [0.1, 0.15) is 11.6 Å². The average Bonchev–Trinajstić information content (AvgIpc) is 3.20. The van der Waals surface area contributed by atoms with E-state index in [4.69, 9.17) is 4.74 Å². The fourth-order valence-electron chi connectivity index (χ4n) is 3.08. The van der Waals surface area contributed by atoms with Gasteiger partial charge < -0.3 is 10.1 Å². The van der Waals surface area contributed by atoms with E-state index < -0.39 is 34.3 Å². The summed E-state index contributed by atoms with van der Waals surface area (Å²) in [5.41, 5.74) is 0.0882. The normalized spacial score (nSPS) is 11.3. The highest BCUT2D eigenvalue weighted by Gasteiger charge is 2.22. The molecular weight excluding hydrogens is 451 g/mol. The highest BCUT2D eigenvalue weighted by Crippen LogP contribution is 2.23. The summed E-state index contributed by atoms with van der Waals surface area (Å²) in [6.07, 6.45) is 1.53. The lowest BCUT2D eigenvalue weighted by Gasteiger charge is -2.14. The molecule has 0 unspecified atom stereocenters. The van der Waals surface area contributed by atoms with Gasteiger partial charge in [0, 0.05) is 12.1 Å². The van der Waals surface area contributed by atoms with Crippen LogP contribution in [0.3, 0.4) is 0 Å². The molecule has 11 heteroatoms. The summed E-state index contributed by atoms with van der Waals surface area (Å²) in [6, 6.07) is 10.7. The summed E-state index contributed by atoms with van der Waals surface area (Å²) in [5, 5.41) is 6.71. The van der Waals surface area contributed by atoms with Crippen LogP contribution in [-0.2, 0) is 19.6 Å². The predicted molar refractivity (Wildman–Crippen MR) is 120 cm³/mol. The lowest BCUT2D eigenvalue weighted by Crippen LogP contribution is -2.23. The molecule has 9 nitrogen and oxygen atoms in total. The van der Waals surface area contributed by atoms with Crippen LogP contribution in [0.4, 0.5) is 15.9 Å². The zero-order valence-corrected chi connectivity index (χ0v) is 19.0. The van der Waals surface area contributed by atoms with Crippen molar-refractivity contribution in [3.8, 4) is 0 Å². The van der Waals surface area contributed by atoms with Crippen LogP contribution in [0.15, 0.2) is 59.6 Å². The van der Waals surface area contributed by atoms with Crippen molar-refractivity contribution in [3.05, 3.63) is 71.7 Å². The number of aryl methyl sites for hydroxylation is 1. The molecule has 3 rings (SSSR count). The molecule has 3 aromatic rings. The molecule has 1 aromatic heterocycles. The third-order valence-electron chi connectivity index (χ3n) is 4.58. The van der Waals surface area contributed by atoms with Gasteiger partial charge in [0.15, 0.2) is 6.61 Å². The molecule has 0 spiro atoms. The number of sulfonamides is 1. The predicted octanol–water partition coefficient (Wildman–Crippen LogP) is 3.51. The molecule has 1 amide bonds. The summed E-state index contributed by atoms with van der Waals surface area (Å²) < 4.78 is 47.9. The van der Waals surface area contributed by atoms with Crippen LogP contribution in [0.5, 0.6) is 0 Å². The van der Waals surface area contributed by atoms with Gasteiger partial charge in [-0.2, -0.15) is 5.10 Å². The highest BCUT2D eigenvalue weighted by molar-refractivity contribution is 7.92. The Morgan fingerprint density at radius 1 is 1.15 bits per heavy atom. The Labute approximate surface area is 190 Å². The van der Waals surface area contributed by atoms with Crippen LogP contribution in [-0.4, -0.2) is 36.7 Å². The Hall–Kier alpha value is -3.73. The van der Waals surface area contributed by atoms with Crippen molar-refractivity contribution >= 4 is 33.4 Å².